The summed E-state index contributed by atoms with van der Waals surface area (Å²) in [6.07, 6.45) is 0.879. The number of thioether (sulfide) groups is 1. The van der Waals surface area contributed by atoms with E-state index in [4.69, 9.17) is 0 Å². The molecule has 0 bridgehead atoms. The van der Waals surface area contributed by atoms with Gasteiger partial charge in [0.2, 0.25) is 5.91 Å². The van der Waals surface area contributed by atoms with E-state index in [0.717, 1.165) is 13.0 Å². The van der Waals surface area contributed by atoms with Gasteiger partial charge in [-0.1, -0.05) is 18.2 Å². The predicted octanol–water partition coefficient (Wildman–Crippen LogP) is 2.18. The first kappa shape index (κ1) is 10.6. The van der Waals surface area contributed by atoms with Gasteiger partial charge in [-0.15, -0.1) is 11.8 Å². The van der Waals surface area contributed by atoms with Crippen molar-refractivity contribution in [2.45, 2.75) is 23.5 Å². The monoisotopic (exact) mass is 221 g/mol. The summed E-state index contributed by atoms with van der Waals surface area (Å²) in [6, 6.07) is 8.28. The molecule has 3 heteroatoms. The van der Waals surface area contributed by atoms with Crippen molar-refractivity contribution in [1.82, 2.24) is 4.90 Å². The van der Waals surface area contributed by atoms with Crippen molar-refractivity contribution >= 4 is 17.7 Å². The van der Waals surface area contributed by atoms with E-state index >= 15 is 0 Å². The lowest BCUT2D eigenvalue weighted by Crippen LogP contribution is -2.34. The Morgan fingerprint density at radius 2 is 2.27 bits per heavy atom. The SMILES string of the molecule is CCN(C)C(=O)C1Cc2ccccc2S1. The Bertz CT molecular complexity index is 353. The fourth-order valence-corrected chi connectivity index (χ4v) is 3.03. The van der Waals surface area contributed by atoms with Crippen LogP contribution in [0.3, 0.4) is 0 Å². The van der Waals surface area contributed by atoms with E-state index in [9.17, 15) is 4.79 Å². The number of carbonyl (C=O) groups excluding carboxylic acids is 1. The van der Waals surface area contributed by atoms with Gasteiger partial charge in [-0.25, -0.2) is 0 Å². The normalized spacial score (nSPS) is 18.7. The Morgan fingerprint density at radius 3 is 2.93 bits per heavy atom. The lowest BCUT2D eigenvalue weighted by atomic mass is 10.1. The minimum Gasteiger partial charge on any atom is -0.345 e. The van der Waals surface area contributed by atoms with Crippen molar-refractivity contribution in [3.8, 4) is 0 Å². The van der Waals surface area contributed by atoms with Crippen LogP contribution in [-0.2, 0) is 11.2 Å². The number of fused-ring (bicyclic) bond motifs is 1. The molecule has 15 heavy (non-hydrogen) atoms. The zero-order chi connectivity index (χ0) is 10.8. The van der Waals surface area contributed by atoms with E-state index in [-0.39, 0.29) is 11.2 Å². The van der Waals surface area contributed by atoms with E-state index < -0.39 is 0 Å². The molecule has 80 valence electrons. The molecule has 1 aromatic rings. The second kappa shape index (κ2) is 4.27. The third-order valence-electron chi connectivity index (χ3n) is 2.77. The molecule has 0 saturated heterocycles. The smallest absolute Gasteiger partial charge is 0.236 e. The number of amides is 1. The standard InChI is InChI=1S/C12H15NOS/c1-3-13(2)12(14)11-8-9-6-4-5-7-10(9)15-11/h4-7,11H,3,8H2,1-2H3. The number of rotatable bonds is 2. The zero-order valence-electron chi connectivity index (χ0n) is 9.06. The van der Waals surface area contributed by atoms with Crippen molar-refractivity contribution in [1.29, 1.82) is 0 Å². The molecule has 1 atom stereocenters. The first-order valence-corrected chi connectivity index (χ1v) is 6.10. The molecule has 2 nitrogen and oxygen atoms in total. The number of benzene rings is 1. The van der Waals surface area contributed by atoms with Gasteiger partial charge in [0.15, 0.2) is 0 Å². The first-order chi connectivity index (χ1) is 7.22. The number of carbonyl (C=O) groups is 1. The van der Waals surface area contributed by atoms with Crippen LogP contribution in [0.1, 0.15) is 12.5 Å². The third kappa shape index (κ3) is 2.02. The summed E-state index contributed by atoms with van der Waals surface area (Å²) in [4.78, 5) is 15.0. The molecular formula is C12H15NOS. The Morgan fingerprint density at radius 1 is 1.53 bits per heavy atom. The third-order valence-corrected chi connectivity index (χ3v) is 4.08. The van der Waals surface area contributed by atoms with Crippen molar-refractivity contribution in [3.63, 3.8) is 0 Å². The molecule has 2 rings (SSSR count). The molecule has 0 aromatic heterocycles. The van der Waals surface area contributed by atoms with E-state index in [1.807, 2.05) is 26.1 Å². The quantitative estimate of drug-likeness (QED) is 0.763. The highest BCUT2D eigenvalue weighted by Crippen LogP contribution is 2.37. The Balaban J connectivity index is 2.10. The maximum atomic E-state index is 11.9. The molecule has 1 aliphatic heterocycles. The van der Waals surface area contributed by atoms with Crippen LogP contribution >= 0.6 is 11.8 Å². The molecule has 1 heterocycles. The molecule has 1 aliphatic rings. The Kier molecular flexibility index (Phi) is 3.00. The highest BCUT2D eigenvalue weighted by atomic mass is 32.2. The van der Waals surface area contributed by atoms with Crippen LogP contribution in [-0.4, -0.2) is 29.6 Å². The van der Waals surface area contributed by atoms with Crippen LogP contribution in [0.5, 0.6) is 0 Å². The molecule has 0 fully saturated rings. The maximum absolute atomic E-state index is 11.9. The van der Waals surface area contributed by atoms with Gasteiger partial charge >= 0.3 is 0 Å². The molecule has 0 aliphatic carbocycles. The van der Waals surface area contributed by atoms with Crippen molar-refractivity contribution in [3.05, 3.63) is 29.8 Å². The topological polar surface area (TPSA) is 20.3 Å². The summed E-state index contributed by atoms with van der Waals surface area (Å²) in [5.41, 5.74) is 1.31. The highest BCUT2D eigenvalue weighted by Gasteiger charge is 2.29. The minimum atomic E-state index is 0.0901. The van der Waals surface area contributed by atoms with E-state index in [2.05, 4.69) is 12.1 Å². The lowest BCUT2D eigenvalue weighted by molar-refractivity contribution is -0.129. The van der Waals surface area contributed by atoms with Gasteiger partial charge < -0.3 is 4.90 Å². The van der Waals surface area contributed by atoms with E-state index in [1.54, 1.807) is 16.7 Å². The fraction of sp³-hybridized carbons (Fsp3) is 0.417. The molecule has 0 radical (unpaired) electrons. The van der Waals surface area contributed by atoms with E-state index in [0.29, 0.717) is 0 Å². The number of nitrogens with zero attached hydrogens (tertiary/aromatic N) is 1. The highest BCUT2D eigenvalue weighted by molar-refractivity contribution is 8.01. The van der Waals surface area contributed by atoms with Crippen LogP contribution in [0.4, 0.5) is 0 Å². The van der Waals surface area contributed by atoms with Gasteiger partial charge in [0.05, 0.1) is 5.25 Å². The number of hydrogen-bond acceptors (Lipinski definition) is 2. The summed E-state index contributed by atoms with van der Waals surface area (Å²) in [7, 11) is 1.87. The fourth-order valence-electron chi connectivity index (χ4n) is 1.72. The molecule has 1 amide bonds. The average Bonchev–Trinajstić information content (AvgIpc) is 2.70. The van der Waals surface area contributed by atoms with Crippen LogP contribution in [0.25, 0.3) is 0 Å². The van der Waals surface area contributed by atoms with Crippen LogP contribution in [0, 0.1) is 0 Å². The van der Waals surface area contributed by atoms with Crippen LogP contribution in [0.15, 0.2) is 29.2 Å². The van der Waals surface area contributed by atoms with Gasteiger partial charge in [0.25, 0.3) is 0 Å². The Labute approximate surface area is 94.7 Å². The summed E-state index contributed by atoms with van der Waals surface area (Å²) < 4.78 is 0. The second-order valence-electron chi connectivity index (χ2n) is 3.77. The summed E-state index contributed by atoms with van der Waals surface area (Å²) >= 11 is 1.70. The first-order valence-electron chi connectivity index (χ1n) is 5.22. The minimum absolute atomic E-state index is 0.0901. The maximum Gasteiger partial charge on any atom is 0.236 e. The summed E-state index contributed by atoms with van der Waals surface area (Å²) in [6.45, 7) is 2.79. The van der Waals surface area contributed by atoms with Crippen molar-refractivity contribution < 1.29 is 4.79 Å². The second-order valence-corrected chi connectivity index (χ2v) is 5.02. The summed E-state index contributed by atoms with van der Waals surface area (Å²) in [5, 5.41) is 0.0901. The zero-order valence-corrected chi connectivity index (χ0v) is 9.88. The Hall–Kier alpha value is -0.960. The molecule has 0 saturated carbocycles. The van der Waals surface area contributed by atoms with Gasteiger partial charge in [0, 0.05) is 18.5 Å². The number of hydrogen-bond donors (Lipinski definition) is 0. The van der Waals surface area contributed by atoms with E-state index in [1.165, 1.54) is 10.5 Å². The van der Waals surface area contributed by atoms with Gasteiger partial charge in [-0.2, -0.15) is 0 Å². The molecule has 0 spiro atoms. The van der Waals surface area contributed by atoms with Gasteiger partial charge in [-0.05, 0) is 25.0 Å². The van der Waals surface area contributed by atoms with Crippen LogP contribution < -0.4 is 0 Å². The van der Waals surface area contributed by atoms with Gasteiger partial charge in [0.1, 0.15) is 0 Å². The van der Waals surface area contributed by atoms with Crippen LogP contribution in [0.2, 0.25) is 0 Å². The largest absolute Gasteiger partial charge is 0.345 e. The summed E-state index contributed by atoms with van der Waals surface area (Å²) in [5.74, 6) is 0.249. The van der Waals surface area contributed by atoms with Crippen molar-refractivity contribution in [2.75, 3.05) is 13.6 Å². The predicted molar refractivity (Wildman–Crippen MR) is 63.1 cm³/mol. The molecule has 1 unspecified atom stereocenters. The molecule has 0 N–H and O–H groups in total. The van der Waals surface area contributed by atoms with Crippen molar-refractivity contribution in [2.24, 2.45) is 0 Å². The lowest BCUT2D eigenvalue weighted by Gasteiger charge is -2.18. The average molecular weight is 221 g/mol. The molecule has 1 aromatic carbocycles. The van der Waals surface area contributed by atoms with Gasteiger partial charge in [-0.3, -0.25) is 4.79 Å². The molecular weight excluding hydrogens is 206 g/mol.